The number of rotatable bonds is 7. The van der Waals surface area contributed by atoms with Crippen LogP contribution in [0.5, 0.6) is 0 Å². The fraction of sp³-hybridized carbons (Fsp3) is 0.350. The molecule has 1 aromatic heterocycles. The van der Waals surface area contributed by atoms with E-state index in [1.165, 1.54) is 22.6 Å². The molecule has 3 N–H and O–H groups in total. The molecule has 2 heterocycles. The maximum Gasteiger partial charge on any atom is 0.417 e. The van der Waals surface area contributed by atoms with E-state index in [9.17, 15) is 13.2 Å². The molecule has 28 heavy (non-hydrogen) atoms. The maximum atomic E-state index is 12.6. The van der Waals surface area contributed by atoms with Crippen molar-refractivity contribution < 1.29 is 17.7 Å². The number of oxazole rings is 1. The van der Waals surface area contributed by atoms with Gasteiger partial charge >= 0.3 is 5.76 Å². The van der Waals surface area contributed by atoms with Gasteiger partial charge in [0.05, 0.1) is 30.0 Å². The minimum Gasteiger partial charge on any atom is -0.408 e. The zero-order valence-electron chi connectivity index (χ0n) is 15.5. The van der Waals surface area contributed by atoms with Gasteiger partial charge in [-0.25, -0.2) is 17.9 Å². The van der Waals surface area contributed by atoms with Gasteiger partial charge in [-0.1, -0.05) is 30.3 Å². The van der Waals surface area contributed by atoms with Crippen molar-refractivity contribution in [1.29, 1.82) is 0 Å². The Hall–Kier alpha value is -2.42. The summed E-state index contributed by atoms with van der Waals surface area (Å²) in [7, 11) is -3.64. The number of sulfonamides is 1. The summed E-state index contributed by atoms with van der Waals surface area (Å²) in [4.78, 5) is 15.4. The smallest absolute Gasteiger partial charge is 0.408 e. The number of aromatic amines is 1. The number of hydrogen-bond acceptors (Lipinski definition) is 4. The molecule has 4 rings (SSSR count). The number of hydrogen-bond donors (Lipinski definition) is 3. The predicted molar refractivity (Wildman–Crippen MR) is 106 cm³/mol. The topological polar surface area (TPSA) is 96.6 Å². The van der Waals surface area contributed by atoms with Crippen molar-refractivity contribution in [2.24, 2.45) is 5.92 Å². The number of aromatic nitrogens is 1. The van der Waals surface area contributed by atoms with Gasteiger partial charge in [0.2, 0.25) is 10.0 Å². The Morgan fingerprint density at radius 2 is 2.00 bits per heavy atom. The van der Waals surface area contributed by atoms with E-state index in [-0.39, 0.29) is 10.5 Å². The Kier molecular flexibility index (Phi) is 5.34. The number of quaternary nitrogens is 1. The van der Waals surface area contributed by atoms with Gasteiger partial charge in [0, 0.05) is 31.4 Å². The van der Waals surface area contributed by atoms with Gasteiger partial charge in [0.25, 0.3) is 0 Å². The van der Waals surface area contributed by atoms with Gasteiger partial charge in [-0.15, -0.1) is 0 Å². The fourth-order valence-electron chi connectivity index (χ4n) is 3.79. The second kappa shape index (κ2) is 7.90. The lowest BCUT2D eigenvalue weighted by atomic mass is 10.1. The molecule has 0 spiro atoms. The molecule has 3 aromatic rings. The summed E-state index contributed by atoms with van der Waals surface area (Å²) in [6, 6.07) is 14.8. The van der Waals surface area contributed by atoms with E-state index in [1.54, 1.807) is 6.07 Å². The summed E-state index contributed by atoms with van der Waals surface area (Å²) in [5.74, 6) is -0.267. The highest BCUT2D eigenvalue weighted by atomic mass is 32.2. The van der Waals surface area contributed by atoms with Crippen molar-refractivity contribution in [1.82, 2.24) is 9.71 Å². The molecule has 8 heteroatoms. The highest BCUT2D eigenvalue weighted by molar-refractivity contribution is 7.89. The quantitative estimate of drug-likeness (QED) is 0.538. The first-order valence-electron chi connectivity index (χ1n) is 9.50. The number of nitrogens with one attached hydrogen (secondary N) is 3. The molecule has 148 valence electrons. The van der Waals surface area contributed by atoms with Crippen molar-refractivity contribution in [2.75, 3.05) is 26.2 Å². The molecule has 0 saturated carbocycles. The summed E-state index contributed by atoms with van der Waals surface area (Å²) in [6.07, 6.45) is 2.05. The van der Waals surface area contributed by atoms with Crippen LogP contribution < -0.4 is 15.4 Å². The maximum absolute atomic E-state index is 12.6. The van der Waals surface area contributed by atoms with Crippen LogP contribution in [0.1, 0.15) is 12.0 Å². The third-order valence-electron chi connectivity index (χ3n) is 5.36. The normalized spacial score (nSPS) is 20.0. The molecule has 1 aliphatic rings. The monoisotopic (exact) mass is 402 g/mol. The second-order valence-corrected chi connectivity index (χ2v) is 9.14. The summed E-state index contributed by atoms with van der Waals surface area (Å²) < 4.78 is 32.8. The molecular formula is C20H24N3O4S+. The summed E-state index contributed by atoms with van der Waals surface area (Å²) in [6.45, 7) is 3.53. The Morgan fingerprint density at radius 1 is 1.18 bits per heavy atom. The van der Waals surface area contributed by atoms with E-state index in [1.807, 2.05) is 6.07 Å². The standard InChI is InChI=1S/C20H23N3O4S/c24-20-22-18-7-6-17(12-19(18)27-20)28(25,26)21-13-16-9-11-23(14-16)10-8-15-4-2-1-3-5-15/h1-7,12,16,21H,8-11,13-14H2,(H,22,24)/p+1/t16-/m0/s1. The van der Waals surface area contributed by atoms with Gasteiger partial charge in [-0.3, -0.25) is 4.98 Å². The van der Waals surface area contributed by atoms with Crippen LogP contribution in [0, 0.1) is 5.92 Å². The zero-order valence-corrected chi connectivity index (χ0v) is 16.3. The van der Waals surface area contributed by atoms with Crippen LogP contribution in [-0.2, 0) is 16.4 Å². The minimum absolute atomic E-state index is 0.106. The largest absolute Gasteiger partial charge is 0.417 e. The first-order valence-corrected chi connectivity index (χ1v) is 11.0. The van der Waals surface area contributed by atoms with Crippen molar-refractivity contribution in [3.8, 4) is 0 Å². The third kappa shape index (κ3) is 4.35. The van der Waals surface area contributed by atoms with Crippen LogP contribution in [0.2, 0.25) is 0 Å². The lowest BCUT2D eigenvalue weighted by molar-refractivity contribution is -0.888. The van der Waals surface area contributed by atoms with E-state index in [0.29, 0.717) is 18.0 Å². The SMILES string of the molecule is O=c1[nH]c2ccc(S(=O)(=O)NC[C@@H]3CC[NH+](CCc4ccccc4)C3)cc2o1. The van der Waals surface area contributed by atoms with E-state index in [2.05, 4.69) is 34.0 Å². The minimum atomic E-state index is -3.64. The Labute approximate surface area is 163 Å². The molecule has 0 aliphatic carbocycles. The molecule has 7 nitrogen and oxygen atoms in total. The fourth-order valence-corrected chi connectivity index (χ4v) is 4.92. The van der Waals surface area contributed by atoms with Gasteiger partial charge in [0.1, 0.15) is 0 Å². The summed E-state index contributed by atoms with van der Waals surface area (Å²) >= 11 is 0. The lowest BCUT2D eigenvalue weighted by Crippen LogP contribution is -3.10. The number of benzene rings is 2. The van der Waals surface area contributed by atoms with Crippen LogP contribution in [0.4, 0.5) is 0 Å². The van der Waals surface area contributed by atoms with E-state index >= 15 is 0 Å². The highest BCUT2D eigenvalue weighted by Crippen LogP contribution is 2.17. The molecule has 0 amide bonds. The van der Waals surface area contributed by atoms with Crippen molar-refractivity contribution in [3.05, 3.63) is 64.6 Å². The van der Waals surface area contributed by atoms with E-state index in [0.717, 1.165) is 32.5 Å². The van der Waals surface area contributed by atoms with Crippen molar-refractivity contribution in [3.63, 3.8) is 0 Å². The van der Waals surface area contributed by atoms with E-state index in [4.69, 9.17) is 4.42 Å². The molecule has 1 fully saturated rings. The number of fused-ring (bicyclic) bond motifs is 1. The van der Waals surface area contributed by atoms with Crippen molar-refractivity contribution >= 4 is 21.1 Å². The van der Waals surface area contributed by atoms with Gasteiger partial charge in [-0.05, 0) is 17.7 Å². The molecule has 0 bridgehead atoms. The number of H-pyrrole nitrogens is 1. The Balaban J connectivity index is 1.31. The predicted octanol–water partition coefficient (Wildman–Crippen LogP) is 0.547. The van der Waals surface area contributed by atoms with Crippen molar-refractivity contribution in [2.45, 2.75) is 17.7 Å². The highest BCUT2D eigenvalue weighted by Gasteiger charge is 2.27. The van der Waals surface area contributed by atoms with Crippen LogP contribution >= 0.6 is 0 Å². The van der Waals surface area contributed by atoms with Gasteiger partial charge < -0.3 is 9.32 Å². The molecule has 2 aromatic carbocycles. The molecule has 1 aliphatic heterocycles. The molecule has 1 saturated heterocycles. The van der Waals surface area contributed by atoms with Crippen LogP contribution in [-0.4, -0.2) is 39.6 Å². The lowest BCUT2D eigenvalue weighted by Gasteiger charge is -2.14. The van der Waals surface area contributed by atoms with Crippen LogP contribution in [0.15, 0.2) is 62.6 Å². The number of likely N-dealkylation sites (tertiary alicyclic amines) is 1. The van der Waals surface area contributed by atoms with Crippen LogP contribution in [0.3, 0.4) is 0 Å². The third-order valence-corrected chi connectivity index (χ3v) is 6.78. The Morgan fingerprint density at radius 3 is 2.82 bits per heavy atom. The molecule has 1 unspecified atom stereocenters. The molecule has 0 radical (unpaired) electrons. The van der Waals surface area contributed by atoms with Gasteiger partial charge in [0.15, 0.2) is 5.58 Å². The summed E-state index contributed by atoms with van der Waals surface area (Å²) in [5.41, 5.74) is 2.06. The molecular weight excluding hydrogens is 378 g/mol. The molecule has 2 atom stereocenters. The van der Waals surface area contributed by atoms with E-state index < -0.39 is 15.8 Å². The Bertz CT molecular complexity index is 1110. The van der Waals surface area contributed by atoms with Crippen LogP contribution in [0.25, 0.3) is 11.1 Å². The average Bonchev–Trinajstić information content (AvgIpc) is 3.30. The average molecular weight is 402 g/mol. The first-order chi connectivity index (χ1) is 13.5. The summed E-state index contributed by atoms with van der Waals surface area (Å²) in [5, 5.41) is 0. The second-order valence-electron chi connectivity index (χ2n) is 7.37. The first kappa shape index (κ1) is 18.9. The zero-order chi connectivity index (χ0) is 19.6. The van der Waals surface area contributed by atoms with Gasteiger partial charge in [-0.2, -0.15) is 0 Å².